The fourth-order valence-corrected chi connectivity index (χ4v) is 3.60. The summed E-state index contributed by atoms with van der Waals surface area (Å²) < 4.78 is 5.68. The Balaban J connectivity index is 1.53. The van der Waals surface area contributed by atoms with Crippen LogP contribution in [0.25, 0.3) is 0 Å². The standard InChI is InChI=1S/C18H26N2O2/c1-12-4-7-17(8-13(12)2)22-11-18(21)20(3)16-9-14-5-6-15(10-16)19-14/h4,7-8,14-16,19H,5-6,9-11H2,1-3H3. The zero-order valence-corrected chi connectivity index (χ0v) is 13.8. The minimum absolute atomic E-state index is 0.0736. The Hall–Kier alpha value is -1.55. The highest BCUT2D eigenvalue weighted by molar-refractivity contribution is 5.77. The zero-order chi connectivity index (χ0) is 15.7. The number of nitrogens with one attached hydrogen (secondary N) is 1. The molecule has 3 rings (SSSR count). The van der Waals surface area contributed by atoms with E-state index >= 15 is 0 Å². The van der Waals surface area contributed by atoms with Crippen molar-refractivity contribution in [1.29, 1.82) is 0 Å². The van der Waals surface area contributed by atoms with Gasteiger partial charge in [-0.05, 0) is 62.8 Å². The molecule has 2 fully saturated rings. The van der Waals surface area contributed by atoms with Gasteiger partial charge in [-0.2, -0.15) is 0 Å². The average molecular weight is 302 g/mol. The Bertz CT molecular complexity index is 546. The highest BCUT2D eigenvalue weighted by Gasteiger charge is 2.36. The molecular formula is C18H26N2O2. The van der Waals surface area contributed by atoms with Crippen LogP contribution < -0.4 is 10.1 Å². The zero-order valence-electron chi connectivity index (χ0n) is 13.8. The number of piperidine rings is 1. The number of hydrogen-bond donors (Lipinski definition) is 1. The third kappa shape index (κ3) is 3.27. The summed E-state index contributed by atoms with van der Waals surface area (Å²) in [7, 11) is 1.92. The summed E-state index contributed by atoms with van der Waals surface area (Å²) in [4.78, 5) is 14.3. The van der Waals surface area contributed by atoms with Crippen LogP contribution >= 0.6 is 0 Å². The van der Waals surface area contributed by atoms with Gasteiger partial charge in [0.15, 0.2) is 6.61 Å². The quantitative estimate of drug-likeness (QED) is 0.929. The van der Waals surface area contributed by atoms with E-state index in [1.54, 1.807) is 0 Å². The van der Waals surface area contributed by atoms with E-state index in [2.05, 4.69) is 19.2 Å². The lowest BCUT2D eigenvalue weighted by atomic mass is 9.98. The fraction of sp³-hybridized carbons (Fsp3) is 0.611. The number of carbonyl (C=O) groups is 1. The third-order valence-corrected chi connectivity index (χ3v) is 5.23. The molecule has 120 valence electrons. The van der Waals surface area contributed by atoms with Gasteiger partial charge in [0.1, 0.15) is 5.75 Å². The molecule has 2 aliphatic heterocycles. The van der Waals surface area contributed by atoms with Crippen LogP contribution in [-0.4, -0.2) is 42.6 Å². The predicted octanol–water partition coefficient (Wildman–Crippen LogP) is 2.42. The van der Waals surface area contributed by atoms with Gasteiger partial charge < -0.3 is 15.0 Å². The molecule has 2 bridgehead atoms. The monoisotopic (exact) mass is 302 g/mol. The van der Waals surface area contributed by atoms with Gasteiger partial charge in [0.05, 0.1) is 0 Å². The van der Waals surface area contributed by atoms with Crippen molar-refractivity contribution in [2.75, 3.05) is 13.7 Å². The normalized spacial score (nSPS) is 26.8. The molecule has 1 aromatic carbocycles. The summed E-state index contributed by atoms with van der Waals surface area (Å²) in [6.07, 6.45) is 4.65. The molecule has 2 heterocycles. The number of amides is 1. The van der Waals surface area contributed by atoms with Crippen molar-refractivity contribution in [3.05, 3.63) is 29.3 Å². The van der Waals surface area contributed by atoms with Crippen molar-refractivity contribution in [2.24, 2.45) is 0 Å². The number of aryl methyl sites for hydroxylation is 2. The first kappa shape index (κ1) is 15.3. The number of nitrogens with zero attached hydrogens (tertiary/aromatic N) is 1. The molecule has 22 heavy (non-hydrogen) atoms. The first-order chi connectivity index (χ1) is 10.5. The van der Waals surface area contributed by atoms with Gasteiger partial charge in [-0.25, -0.2) is 0 Å². The molecule has 0 spiro atoms. The lowest BCUT2D eigenvalue weighted by molar-refractivity contribution is -0.134. The van der Waals surface area contributed by atoms with Gasteiger partial charge >= 0.3 is 0 Å². The van der Waals surface area contributed by atoms with Crippen molar-refractivity contribution in [3.8, 4) is 5.75 Å². The molecule has 0 aliphatic carbocycles. The Morgan fingerprint density at radius 2 is 1.91 bits per heavy atom. The number of likely N-dealkylation sites (N-methyl/N-ethyl adjacent to an activating group) is 1. The lowest BCUT2D eigenvalue weighted by Gasteiger charge is -2.35. The molecule has 2 saturated heterocycles. The first-order valence-electron chi connectivity index (χ1n) is 8.24. The minimum Gasteiger partial charge on any atom is -0.484 e. The van der Waals surface area contributed by atoms with Gasteiger partial charge in [-0.3, -0.25) is 4.79 Å². The molecule has 0 radical (unpaired) electrons. The van der Waals surface area contributed by atoms with E-state index in [0.717, 1.165) is 18.6 Å². The summed E-state index contributed by atoms with van der Waals surface area (Å²) in [5.74, 6) is 0.847. The van der Waals surface area contributed by atoms with Crippen LogP contribution in [0.4, 0.5) is 0 Å². The second-order valence-electron chi connectivity index (χ2n) is 6.80. The second kappa shape index (κ2) is 6.29. The molecule has 2 aliphatic rings. The van der Waals surface area contributed by atoms with Crippen molar-refractivity contribution in [1.82, 2.24) is 10.2 Å². The van der Waals surface area contributed by atoms with E-state index in [-0.39, 0.29) is 12.5 Å². The maximum absolute atomic E-state index is 12.4. The van der Waals surface area contributed by atoms with Crippen LogP contribution in [0.1, 0.15) is 36.8 Å². The number of ether oxygens (including phenoxy) is 1. The molecule has 0 aromatic heterocycles. The molecule has 2 unspecified atom stereocenters. The fourth-order valence-electron chi connectivity index (χ4n) is 3.60. The van der Waals surface area contributed by atoms with E-state index in [1.807, 2.05) is 30.1 Å². The molecule has 1 amide bonds. The van der Waals surface area contributed by atoms with Crippen LogP contribution in [-0.2, 0) is 4.79 Å². The summed E-state index contributed by atoms with van der Waals surface area (Å²) >= 11 is 0. The van der Waals surface area contributed by atoms with Gasteiger partial charge in [-0.15, -0.1) is 0 Å². The maximum atomic E-state index is 12.4. The lowest BCUT2D eigenvalue weighted by Crippen LogP contribution is -2.49. The molecule has 0 saturated carbocycles. The average Bonchev–Trinajstić information content (AvgIpc) is 2.85. The highest BCUT2D eigenvalue weighted by atomic mass is 16.5. The largest absolute Gasteiger partial charge is 0.484 e. The van der Waals surface area contributed by atoms with Gasteiger partial charge in [0, 0.05) is 25.2 Å². The van der Waals surface area contributed by atoms with Crippen LogP contribution in [0.3, 0.4) is 0 Å². The van der Waals surface area contributed by atoms with Crippen LogP contribution in [0.5, 0.6) is 5.75 Å². The number of benzene rings is 1. The van der Waals surface area contributed by atoms with Gasteiger partial charge in [-0.1, -0.05) is 6.07 Å². The Morgan fingerprint density at radius 1 is 1.23 bits per heavy atom. The van der Waals surface area contributed by atoms with Gasteiger partial charge in [0.2, 0.25) is 0 Å². The second-order valence-corrected chi connectivity index (χ2v) is 6.80. The molecular weight excluding hydrogens is 276 g/mol. The molecule has 4 heteroatoms. The molecule has 1 aromatic rings. The van der Waals surface area contributed by atoms with Crippen LogP contribution in [0, 0.1) is 13.8 Å². The van der Waals surface area contributed by atoms with E-state index in [4.69, 9.17) is 4.74 Å². The predicted molar refractivity (Wildman–Crippen MR) is 87.1 cm³/mol. The van der Waals surface area contributed by atoms with Crippen LogP contribution in [0.15, 0.2) is 18.2 Å². The molecule has 2 atom stereocenters. The summed E-state index contributed by atoms with van der Waals surface area (Å²) in [5.41, 5.74) is 2.43. The third-order valence-electron chi connectivity index (χ3n) is 5.23. The minimum atomic E-state index is 0.0736. The first-order valence-corrected chi connectivity index (χ1v) is 8.24. The Morgan fingerprint density at radius 3 is 2.55 bits per heavy atom. The summed E-state index contributed by atoms with van der Waals surface area (Å²) in [6, 6.07) is 7.51. The van der Waals surface area contributed by atoms with Crippen molar-refractivity contribution < 1.29 is 9.53 Å². The van der Waals surface area contributed by atoms with Crippen molar-refractivity contribution >= 4 is 5.91 Å². The SMILES string of the molecule is Cc1ccc(OCC(=O)N(C)C2CC3CCC(C2)N3)cc1C. The number of carbonyl (C=O) groups excluding carboxylic acids is 1. The Kier molecular flexibility index (Phi) is 4.39. The number of rotatable bonds is 4. The van der Waals surface area contributed by atoms with E-state index < -0.39 is 0 Å². The number of hydrogen-bond acceptors (Lipinski definition) is 3. The smallest absolute Gasteiger partial charge is 0.260 e. The number of fused-ring (bicyclic) bond motifs is 2. The van der Waals surface area contributed by atoms with E-state index in [0.29, 0.717) is 18.1 Å². The Labute approximate surface area is 132 Å². The summed E-state index contributed by atoms with van der Waals surface area (Å²) in [6.45, 7) is 4.25. The highest BCUT2D eigenvalue weighted by Crippen LogP contribution is 2.29. The van der Waals surface area contributed by atoms with E-state index in [1.165, 1.54) is 24.0 Å². The molecule has 4 nitrogen and oxygen atoms in total. The topological polar surface area (TPSA) is 41.6 Å². The van der Waals surface area contributed by atoms with Crippen molar-refractivity contribution in [3.63, 3.8) is 0 Å². The van der Waals surface area contributed by atoms with Crippen molar-refractivity contribution in [2.45, 2.75) is 57.7 Å². The molecule has 1 N–H and O–H groups in total. The van der Waals surface area contributed by atoms with E-state index in [9.17, 15) is 4.79 Å². The summed E-state index contributed by atoms with van der Waals surface area (Å²) in [5, 5.41) is 3.61. The van der Waals surface area contributed by atoms with Gasteiger partial charge in [0.25, 0.3) is 5.91 Å². The van der Waals surface area contributed by atoms with Crippen LogP contribution in [0.2, 0.25) is 0 Å². The maximum Gasteiger partial charge on any atom is 0.260 e.